The maximum atomic E-state index is 6.17. The number of nitrogens with zero attached hydrogens (tertiary/aromatic N) is 2. The zero-order chi connectivity index (χ0) is 13.1. The minimum absolute atomic E-state index is 0.337. The summed E-state index contributed by atoms with van der Waals surface area (Å²) in [4.78, 5) is 8.45. The number of hydrogen-bond acceptors (Lipinski definition) is 3. The Morgan fingerprint density at radius 3 is 2.50 bits per heavy atom. The summed E-state index contributed by atoms with van der Waals surface area (Å²) in [5.74, 6) is 2.12. The molecule has 1 aliphatic carbocycles. The highest BCUT2D eigenvalue weighted by Crippen LogP contribution is 2.31. The number of halogens is 1. The fourth-order valence-electron chi connectivity index (χ4n) is 2.60. The van der Waals surface area contributed by atoms with Crippen LogP contribution in [0.25, 0.3) is 0 Å². The van der Waals surface area contributed by atoms with E-state index in [-0.39, 0.29) is 0 Å². The molecule has 1 heterocycles. The lowest BCUT2D eigenvalue weighted by Crippen LogP contribution is -2.26. The van der Waals surface area contributed by atoms with Crippen LogP contribution in [0.5, 0.6) is 0 Å². The summed E-state index contributed by atoms with van der Waals surface area (Å²) in [6, 6.07) is 0.532. The van der Waals surface area contributed by atoms with Crippen LogP contribution in [0.1, 0.15) is 57.9 Å². The zero-order valence-corrected chi connectivity index (χ0v) is 12.2. The SMILES string of the molecule is CC1CCC(Nc2ncnc(Cl)c2C(C)C)CC1. The summed E-state index contributed by atoms with van der Waals surface area (Å²) in [6.07, 6.45) is 6.59. The molecule has 0 amide bonds. The fraction of sp³-hybridized carbons (Fsp3) is 0.714. The molecule has 100 valence electrons. The van der Waals surface area contributed by atoms with Gasteiger partial charge in [0.05, 0.1) is 0 Å². The van der Waals surface area contributed by atoms with Crippen molar-refractivity contribution in [3.8, 4) is 0 Å². The minimum atomic E-state index is 0.337. The van der Waals surface area contributed by atoms with E-state index in [9.17, 15) is 0 Å². The summed E-state index contributed by atoms with van der Waals surface area (Å²) < 4.78 is 0. The van der Waals surface area contributed by atoms with Crippen molar-refractivity contribution in [2.75, 3.05) is 5.32 Å². The summed E-state index contributed by atoms with van der Waals surface area (Å²) in [5.41, 5.74) is 1.04. The van der Waals surface area contributed by atoms with Gasteiger partial charge in [-0.05, 0) is 37.5 Å². The molecule has 0 atom stereocenters. The first-order chi connectivity index (χ1) is 8.58. The molecule has 0 bridgehead atoms. The maximum absolute atomic E-state index is 6.17. The Morgan fingerprint density at radius 1 is 1.22 bits per heavy atom. The highest BCUT2D eigenvalue weighted by molar-refractivity contribution is 6.30. The van der Waals surface area contributed by atoms with Crippen molar-refractivity contribution < 1.29 is 0 Å². The molecule has 0 spiro atoms. The maximum Gasteiger partial charge on any atom is 0.138 e. The number of nitrogens with one attached hydrogen (secondary N) is 1. The van der Waals surface area contributed by atoms with E-state index in [1.54, 1.807) is 6.33 Å². The Balaban J connectivity index is 2.11. The van der Waals surface area contributed by atoms with Crippen molar-refractivity contribution in [2.45, 2.75) is 58.4 Å². The normalized spacial score (nSPS) is 24.3. The molecule has 1 saturated carbocycles. The molecule has 4 heteroatoms. The van der Waals surface area contributed by atoms with Gasteiger partial charge in [0.2, 0.25) is 0 Å². The number of rotatable bonds is 3. The van der Waals surface area contributed by atoms with Crippen molar-refractivity contribution in [1.82, 2.24) is 9.97 Å². The van der Waals surface area contributed by atoms with E-state index in [0.29, 0.717) is 17.1 Å². The van der Waals surface area contributed by atoms with Crippen LogP contribution in [0.4, 0.5) is 5.82 Å². The second kappa shape index (κ2) is 5.87. The lowest BCUT2D eigenvalue weighted by atomic mass is 9.87. The van der Waals surface area contributed by atoms with Gasteiger partial charge >= 0.3 is 0 Å². The zero-order valence-electron chi connectivity index (χ0n) is 11.4. The van der Waals surface area contributed by atoms with E-state index < -0.39 is 0 Å². The van der Waals surface area contributed by atoms with Crippen LogP contribution in [0, 0.1) is 5.92 Å². The summed E-state index contributed by atoms with van der Waals surface area (Å²) >= 11 is 6.17. The first-order valence-corrected chi connectivity index (χ1v) is 7.22. The van der Waals surface area contributed by atoms with Crippen LogP contribution in [0.2, 0.25) is 5.15 Å². The molecule has 2 rings (SSSR count). The lowest BCUT2D eigenvalue weighted by Gasteiger charge is -2.28. The Hall–Kier alpha value is -0.830. The first kappa shape index (κ1) is 13.6. The highest BCUT2D eigenvalue weighted by Gasteiger charge is 2.21. The van der Waals surface area contributed by atoms with E-state index in [1.165, 1.54) is 25.7 Å². The van der Waals surface area contributed by atoms with Crippen molar-refractivity contribution in [2.24, 2.45) is 5.92 Å². The Bertz CT molecular complexity index is 398. The Kier molecular flexibility index (Phi) is 4.44. The van der Waals surface area contributed by atoms with Crippen molar-refractivity contribution in [1.29, 1.82) is 0 Å². The van der Waals surface area contributed by atoms with Crippen LogP contribution < -0.4 is 5.32 Å². The lowest BCUT2D eigenvalue weighted by molar-refractivity contribution is 0.360. The third-order valence-electron chi connectivity index (χ3n) is 3.77. The predicted octanol–water partition coefficient (Wildman–Crippen LogP) is 4.24. The molecule has 18 heavy (non-hydrogen) atoms. The third kappa shape index (κ3) is 3.14. The van der Waals surface area contributed by atoms with Gasteiger partial charge in [-0.15, -0.1) is 0 Å². The van der Waals surface area contributed by atoms with Crippen LogP contribution in [0.15, 0.2) is 6.33 Å². The monoisotopic (exact) mass is 267 g/mol. The number of aromatic nitrogens is 2. The van der Waals surface area contributed by atoms with Gasteiger partial charge in [-0.1, -0.05) is 32.4 Å². The van der Waals surface area contributed by atoms with Crippen LogP contribution in [-0.4, -0.2) is 16.0 Å². The minimum Gasteiger partial charge on any atom is -0.367 e. The van der Waals surface area contributed by atoms with Crippen molar-refractivity contribution >= 4 is 17.4 Å². The second-order valence-corrected chi connectivity index (χ2v) is 6.04. The quantitative estimate of drug-likeness (QED) is 0.832. The molecular formula is C14H22ClN3. The van der Waals surface area contributed by atoms with E-state index >= 15 is 0 Å². The summed E-state index contributed by atoms with van der Waals surface area (Å²) in [7, 11) is 0. The van der Waals surface area contributed by atoms with Crippen molar-refractivity contribution in [3.63, 3.8) is 0 Å². The topological polar surface area (TPSA) is 37.8 Å². The molecule has 1 aromatic rings. The molecule has 3 nitrogen and oxygen atoms in total. The molecule has 0 unspecified atom stereocenters. The largest absolute Gasteiger partial charge is 0.367 e. The van der Waals surface area contributed by atoms with Crippen LogP contribution in [-0.2, 0) is 0 Å². The Labute approximate surface area is 114 Å². The molecule has 0 aliphatic heterocycles. The first-order valence-electron chi connectivity index (χ1n) is 6.84. The molecule has 0 aromatic carbocycles. The molecule has 1 N–H and O–H groups in total. The van der Waals surface area contributed by atoms with Gasteiger partial charge in [-0.3, -0.25) is 0 Å². The van der Waals surface area contributed by atoms with Gasteiger partial charge < -0.3 is 5.32 Å². The third-order valence-corrected chi connectivity index (χ3v) is 4.07. The molecule has 1 aromatic heterocycles. The standard InChI is InChI=1S/C14H22ClN3/c1-9(2)12-13(15)16-8-17-14(12)18-11-6-4-10(3)5-7-11/h8-11H,4-7H2,1-3H3,(H,16,17,18). The number of hydrogen-bond donors (Lipinski definition) is 1. The van der Waals surface area contributed by atoms with E-state index in [1.807, 2.05) is 0 Å². The van der Waals surface area contributed by atoms with Gasteiger partial charge in [0.25, 0.3) is 0 Å². The van der Waals surface area contributed by atoms with E-state index in [0.717, 1.165) is 17.3 Å². The Morgan fingerprint density at radius 2 is 1.89 bits per heavy atom. The average molecular weight is 268 g/mol. The summed E-state index contributed by atoms with van der Waals surface area (Å²) in [5, 5.41) is 4.13. The van der Waals surface area contributed by atoms with Crippen LogP contribution in [0.3, 0.4) is 0 Å². The summed E-state index contributed by atoms with van der Waals surface area (Å²) in [6.45, 7) is 6.58. The smallest absolute Gasteiger partial charge is 0.138 e. The van der Waals surface area contributed by atoms with E-state index in [4.69, 9.17) is 11.6 Å². The molecule has 1 fully saturated rings. The van der Waals surface area contributed by atoms with Crippen LogP contribution >= 0.6 is 11.6 Å². The fourth-order valence-corrected chi connectivity index (χ4v) is 2.95. The molecule has 0 saturated heterocycles. The molecule has 1 aliphatic rings. The van der Waals surface area contributed by atoms with Gasteiger partial charge in [0.1, 0.15) is 17.3 Å². The van der Waals surface area contributed by atoms with Crippen molar-refractivity contribution in [3.05, 3.63) is 17.0 Å². The highest BCUT2D eigenvalue weighted by atomic mass is 35.5. The molecule has 0 radical (unpaired) electrons. The predicted molar refractivity (Wildman–Crippen MR) is 76.2 cm³/mol. The van der Waals surface area contributed by atoms with Gasteiger partial charge in [-0.25, -0.2) is 9.97 Å². The number of anilines is 1. The van der Waals surface area contributed by atoms with Gasteiger partial charge in [0.15, 0.2) is 0 Å². The van der Waals surface area contributed by atoms with E-state index in [2.05, 4.69) is 36.1 Å². The average Bonchev–Trinajstić information content (AvgIpc) is 2.32. The molecular weight excluding hydrogens is 246 g/mol. The van der Waals surface area contributed by atoms with Gasteiger partial charge in [-0.2, -0.15) is 0 Å². The van der Waals surface area contributed by atoms with Gasteiger partial charge in [0, 0.05) is 11.6 Å². The second-order valence-electron chi connectivity index (χ2n) is 5.68.